The van der Waals surface area contributed by atoms with Crippen LogP contribution in [-0.4, -0.2) is 35.6 Å². The van der Waals surface area contributed by atoms with Crippen LogP contribution in [0.3, 0.4) is 0 Å². The molecule has 3 aromatic rings. The first-order valence-corrected chi connectivity index (χ1v) is 10.2. The average molecular weight is 390 g/mol. The van der Waals surface area contributed by atoms with Crippen molar-refractivity contribution in [3.05, 3.63) is 54.4 Å². The number of carbonyl (C=O) groups is 1. The Morgan fingerprint density at radius 1 is 1.17 bits per heavy atom. The van der Waals surface area contributed by atoms with E-state index in [0.29, 0.717) is 23.7 Å². The van der Waals surface area contributed by atoms with Crippen LogP contribution in [0.15, 0.2) is 48.8 Å². The van der Waals surface area contributed by atoms with Gasteiger partial charge in [0.2, 0.25) is 0 Å². The summed E-state index contributed by atoms with van der Waals surface area (Å²) in [6.45, 7) is 6.63. The van der Waals surface area contributed by atoms with Gasteiger partial charge in [-0.05, 0) is 42.5 Å². The second-order valence-corrected chi connectivity index (χ2v) is 7.48. The Labute approximate surface area is 170 Å². The molecule has 1 saturated heterocycles. The van der Waals surface area contributed by atoms with Crippen LogP contribution in [0.2, 0.25) is 0 Å². The van der Waals surface area contributed by atoms with Crippen molar-refractivity contribution >= 4 is 28.3 Å². The summed E-state index contributed by atoms with van der Waals surface area (Å²) >= 11 is 0. The van der Waals surface area contributed by atoms with E-state index in [2.05, 4.69) is 27.1 Å². The highest BCUT2D eigenvalue weighted by molar-refractivity contribution is 6.14. The smallest absolute Gasteiger partial charge is 0.261 e. The molecule has 1 fully saturated rings. The quantitative estimate of drug-likeness (QED) is 0.694. The van der Waals surface area contributed by atoms with Gasteiger partial charge in [-0.3, -0.25) is 4.79 Å². The highest BCUT2D eigenvalue weighted by atomic mass is 16.5. The second-order valence-electron chi connectivity index (χ2n) is 7.48. The lowest BCUT2D eigenvalue weighted by Crippen LogP contribution is -2.33. The third kappa shape index (κ3) is 4.16. The van der Waals surface area contributed by atoms with Crippen molar-refractivity contribution in [2.24, 2.45) is 5.92 Å². The standard InChI is InChI=1S/C23H26N4O2/c1-3-29-19-9-8-17-6-4-5-7-18(17)22(19)23(28)26-20-14-21(25-15-24-20)27-12-10-16(2)11-13-27/h4-9,14-16H,3,10-13H2,1-2H3,(H,24,25,26,28). The molecule has 6 nitrogen and oxygen atoms in total. The molecule has 6 heteroatoms. The number of nitrogens with zero attached hydrogens (tertiary/aromatic N) is 3. The zero-order chi connectivity index (χ0) is 20.2. The Morgan fingerprint density at radius 3 is 2.76 bits per heavy atom. The number of nitrogens with one attached hydrogen (secondary N) is 1. The fraction of sp³-hybridized carbons (Fsp3) is 0.348. The van der Waals surface area contributed by atoms with Gasteiger partial charge < -0.3 is 15.0 Å². The molecule has 0 atom stereocenters. The third-order valence-electron chi connectivity index (χ3n) is 5.42. The first-order valence-electron chi connectivity index (χ1n) is 10.2. The van der Waals surface area contributed by atoms with E-state index in [-0.39, 0.29) is 5.91 Å². The largest absolute Gasteiger partial charge is 0.493 e. The van der Waals surface area contributed by atoms with Crippen LogP contribution < -0.4 is 15.0 Å². The maximum absolute atomic E-state index is 13.2. The maximum Gasteiger partial charge on any atom is 0.261 e. The van der Waals surface area contributed by atoms with E-state index in [0.717, 1.165) is 48.4 Å². The molecule has 150 valence electrons. The fourth-order valence-electron chi connectivity index (χ4n) is 3.77. The predicted molar refractivity (Wildman–Crippen MR) is 116 cm³/mol. The highest BCUT2D eigenvalue weighted by Crippen LogP contribution is 2.29. The number of carbonyl (C=O) groups excluding carboxylic acids is 1. The van der Waals surface area contributed by atoms with Crippen LogP contribution in [0, 0.1) is 5.92 Å². The SMILES string of the molecule is CCOc1ccc2ccccc2c1C(=O)Nc1cc(N2CCC(C)CC2)ncn1. The second kappa shape index (κ2) is 8.47. The molecule has 0 radical (unpaired) electrons. The van der Waals surface area contributed by atoms with Crippen molar-refractivity contribution in [3.8, 4) is 5.75 Å². The molecule has 0 spiro atoms. The highest BCUT2D eigenvalue weighted by Gasteiger charge is 2.20. The number of aromatic nitrogens is 2. The van der Waals surface area contributed by atoms with E-state index >= 15 is 0 Å². The zero-order valence-corrected chi connectivity index (χ0v) is 16.9. The molecular weight excluding hydrogens is 364 g/mol. The lowest BCUT2D eigenvalue weighted by Gasteiger charge is -2.31. The van der Waals surface area contributed by atoms with Crippen LogP contribution in [0.5, 0.6) is 5.75 Å². The summed E-state index contributed by atoms with van der Waals surface area (Å²) in [5, 5.41) is 4.79. The Hall–Kier alpha value is -3.15. The summed E-state index contributed by atoms with van der Waals surface area (Å²) in [6.07, 6.45) is 3.81. The molecule has 4 rings (SSSR count). The van der Waals surface area contributed by atoms with Gasteiger partial charge in [0, 0.05) is 19.2 Å². The summed E-state index contributed by atoms with van der Waals surface area (Å²) in [5.74, 6) is 2.43. The van der Waals surface area contributed by atoms with Gasteiger partial charge in [0.15, 0.2) is 0 Å². The number of amides is 1. The molecule has 0 bridgehead atoms. The van der Waals surface area contributed by atoms with Gasteiger partial charge in [-0.1, -0.05) is 37.3 Å². The molecule has 29 heavy (non-hydrogen) atoms. The van der Waals surface area contributed by atoms with E-state index in [1.807, 2.05) is 49.4 Å². The van der Waals surface area contributed by atoms with E-state index < -0.39 is 0 Å². The minimum Gasteiger partial charge on any atom is -0.493 e. The van der Waals surface area contributed by atoms with Gasteiger partial charge in [0.1, 0.15) is 23.7 Å². The van der Waals surface area contributed by atoms with Gasteiger partial charge in [0.05, 0.1) is 12.2 Å². The van der Waals surface area contributed by atoms with Crippen molar-refractivity contribution in [2.75, 3.05) is 29.9 Å². The van der Waals surface area contributed by atoms with Gasteiger partial charge in [-0.2, -0.15) is 0 Å². The van der Waals surface area contributed by atoms with Crippen molar-refractivity contribution in [3.63, 3.8) is 0 Å². The topological polar surface area (TPSA) is 67.3 Å². The van der Waals surface area contributed by atoms with Crippen molar-refractivity contribution < 1.29 is 9.53 Å². The number of anilines is 2. The minimum atomic E-state index is -0.234. The minimum absolute atomic E-state index is 0.234. The fourth-order valence-corrected chi connectivity index (χ4v) is 3.77. The lowest BCUT2D eigenvalue weighted by atomic mass is 9.99. The van der Waals surface area contributed by atoms with Crippen LogP contribution in [0.1, 0.15) is 37.0 Å². The maximum atomic E-state index is 13.2. The van der Waals surface area contributed by atoms with Crippen molar-refractivity contribution in [1.82, 2.24) is 9.97 Å². The first kappa shape index (κ1) is 19.2. The molecule has 0 aliphatic carbocycles. The Morgan fingerprint density at radius 2 is 1.97 bits per heavy atom. The molecule has 2 heterocycles. The van der Waals surface area contributed by atoms with E-state index in [4.69, 9.17) is 4.74 Å². The van der Waals surface area contributed by atoms with Gasteiger partial charge >= 0.3 is 0 Å². The Bertz CT molecular complexity index is 1010. The number of hydrogen-bond acceptors (Lipinski definition) is 5. The monoisotopic (exact) mass is 390 g/mol. The van der Waals surface area contributed by atoms with Gasteiger partial charge in [0.25, 0.3) is 5.91 Å². The molecule has 2 aromatic carbocycles. The molecule has 1 N–H and O–H groups in total. The number of rotatable bonds is 5. The van der Waals surface area contributed by atoms with E-state index in [9.17, 15) is 4.79 Å². The van der Waals surface area contributed by atoms with Gasteiger partial charge in [-0.15, -0.1) is 0 Å². The normalized spacial score (nSPS) is 14.8. The number of fused-ring (bicyclic) bond motifs is 1. The predicted octanol–water partition coefficient (Wildman–Crippen LogP) is 4.52. The van der Waals surface area contributed by atoms with Gasteiger partial charge in [-0.25, -0.2) is 9.97 Å². The summed E-state index contributed by atoms with van der Waals surface area (Å²) in [6, 6.07) is 13.5. The van der Waals surface area contributed by atoms with E-state index in [1.165, 1.54) is 6.33 Å². The third-order valence-corrected chi connectivity index (χ3v) is 5.42. The summed E-state index contributed by atoms with van der Waals surface area (Å²) in [4.78, 5) is 24.1. The molecular formula is C23H26N4O2. The van der Waals surface area contributed by atoms with Crippen LogP contribution in [0.25, 0.3) is 10.8 Å². The summed E-state index contributed by atoms with van der Waals surface area (Å²) in [5.41, 5.74) is 0.525. The molecule has 0 saturated carbocycles. The molecule has 1 aromatic heterocycles. The average Bonchev–Trinajstić information content (AvgIpc) is 2.74. The summed E-state index contributed by atoms with van der Waals surface area (Å²) in [7, 11) is 0. The first-order chi connectivity index (χ1) is 14.2. The Kier molecular flexibility index (Phi) is 5.60. The van der Waals surface area contributed by atoms with Crippen LogP contribution >= 0.6 is 0 Å². The number of piperidine rings is 1. The zero-order valence-electron chi connectivity index (χ0n) is 16.9. The molecule has 1 aliphatic rings. The van der Waals surface area contributed by atoms with E-state index in [1.54, 1.807) is 0 Å². The Balaban J connectivity index is 1.61. The van der Waals surface area contributed by atoms with Crippen molar-refractivity contribution in [2.45, 2.75) is 26.7 Å². The lowest BCUT2D eigenvalue weighted by molar-refractivity contribution is 0.102. The summed E-state index contributed by atoms with van der Waals surface area (Å²) < 4.78 is 5.73. The van der Waals surface area contributed by atoms with Crippen LogP contribution in [0.4, 0.5) is 11.6 Å². The molecule has 0 unspecified atom stereocenters. The molecule has 1 amide bonds. The number of hydrogen-bond donors (Lipinski definition) is 1. The van der Waals surface area contributed by atoms with Crippen LogP contribution in [-0.2, 0) is 0 Å². The number of benzene rings is 2. The van der Waals surface area contributed by atoms with Crippen molar-refractivity contribution in [1.29, 1.82) is 0 Å². The molecule has 1 aliphatic heterocycles. The number of ether oxygens (including phenoxy) is 1.